The third kappa shape index (κ3) is 6.20. The van der Waals surface area contributed by atoms with Gasteiger partial charge < -0.3 is 45.4 Å². The number of hydrogen-bond donors (Lipinski definition) is 0. The highest BCUT2D eigenvalue weighted by Crippen LogP contribution is 2.34. The molecule has 0 saturated carbocycles. The minimum atomic E-state index is -0.0654. The zero-order chi connectivity index (χ0) is 27.2. The van der Waals surface area contributed by atoms with Crippen LogP contribution in [0.3, 0.4) is 0 Å². The van der Waals surface area contributed by atoms with Crippen LogP contribution in [-0.4, -0.2) is 48.4 Å². The first-order chi connectivity index (χ1) is 18.5. The Morgan fingerprint density at radius 3 is 1.79 bits per heavy atom. The topological polar surface area (TPSA) is 76.3 Å². The van der Waals surface area contributed by atoms with Gasteiger partial charge in [-0.2, -0.15) is 4.57 Å². The van der Waals surface area contributed by atoms with E-state index < -0.39 is 0 Å². The van der Waals surface area contributed by atoms with Crippen LogP contribution in [0.4, 0.5) is 0 Å². The van der Waals surface area contributed by atoms with Crippen LogP contribution >= 0.6 is 0 Å². The van der Waals surface area contributed by atoms with E-state index in [9.17, 15) is 4.79 Å². The van der Waals surface area contributed by atoms with Crippen molar-refractivity contribution in [3.05, 3.63) is 77.6 Å². The summed E-state index contributed by atoms with van der Waals surface area (Å²) in [7, 11) is 9.55. The average molecular weight is 598 g/mol. The molecule has 0 amide bonds. The van der Waals surface area contributed by atoms with E-state index in [-0.39, 0.29) is 29.3 Å². The summed E-state index contributed by atoms with van der Waals surface area (Å²) >= 11 is 0. The highest BCUT2D eigenvalue weighted by molar-refractivity contribution is 5.96. The molecule has 3 aromatic carbocycles. The molecule has 0 bridgehead atoms. The summed E-state index contributed by atoms with van der Waals surface area (Å²) in [4.78, 5) is 13.4. The number of benzene rings is 3. The first-order valence-electron chi connectivity index (χ1n) is 12.0. The Morgan fingerprint density at radius 2 is 1.18 bits per heavy atom. The Balaban J connectivity index is 0.00000420. The molecular formula is C30H32BrNO7. The molecule has 206 valence electrons. The van der Waals surface area contributed by atoms with E-state index in [2.05, 4.69) is 0 Å². The number of carbonyl (C=O) groups is 1. The summed E-state index contributed by atoms with van der Waals surface area (Å²) in [6, 6.07) is 16.8. The van der Waals surface area contributed by atoms with Gasteiger partial charge in [-0.3, -0.25) is 4.79 Å². The van der Waals surface area contributed by atoms with Crippen molar-refractivity contribution in [1.82, 2.24) is 0 Å². The van der Waals surface area contributed by atoms with E-state index in [0.29, 0.717) is 46.5 Å². The van der Waals surface area contributed by atoms with Crippen LogP contribution in [0.2, 0.25) is 0 Å². The second kappa shape index (κ2) is 13.2. The number of fused-ring (bicyclic) bond motifs is 1. The molecule has 9 heteroatoms. The van der Waals surface area contributed by atoms with Crippen molar-refractivity contribution in [2.24, 2.45) is 0 Å². The second-order valence-corrected chi connectivity index (χ2v) is 8.54. The van der Waals surface area contributed by atoms with Crippen LogP contribution in [0, 0.1) is 0 Å². The molecule has 39 heavy (non-hydrogen) atoms. The lowest BCUT2D eigenvalue weighted by Gasteiger charge is -2.13. The summed E-state index contributed by atoms with van der Waals surface area (Å²) in [5.74, 6) is 3.54. The number of ketones is 1. The van der Waals surface area contributed by atoms with Gasteiger partial charge in [-0.25, -0.2) is 0 Å². The van der Waals surface area contributed by atoms with Gasteiger partial charge in [0.1, 0.15) is 0 Å². The van der Waals surface area contributed by atoms with Crippen molar-refractivity contribution < 1.29 is 54.8 Å². The number of halogens is 1. The van der Waals surface area contributed by atoms with Gasteiger partial charge >= 0.3 is 0 Å². The maximum absolute atomic E-state index is 13.4. The van der Waals surface area contributed by atoms with Crippen molar-refractivity contribution in [2.75, 3.05) is 42.7 Å². The Bertz CT molecular complexity index is 1470. The van der Waals surface area contributed by atoms with Gasteiger partial charge in [0.2, 0.25) is 12.3 Å². The van der Waals surface area contributed by atoms with Gasteiger partial charge in [0.05, 0.1) is 54.5 Å². The molecule has 0 aliphatic rings. The van der Waals surface area contributed by atoms with E-state index in [1.165, 1.54) is 0 Å². The molecule has 0 aliphatic carbocycles. The van der Waals surface area contributed by atoms with E-state index in [1.807, 2.05) is 47.2 Å². The number of ether oxygens (including phenoxy) is 6. The number of hydrogen-bond acceptors (Lipinski definition) is 7. The smallest absolute Gasteiger partial charge is 0.227 e. The minimum Gasteiger partial charge on any atom is -1.00 e. The van der Waals surface area contributed by atoms with Crippen LogP contribution in [0.15, 0.2) is 60.8 Å². The minimum absolute atomic E-state index is 0. The van der Waals surface area contributed by atoms with Gasteiger partial charge in [-0.1, -0.05) is 6.07 Å². The van der Waals surface area contributed by atoms with Crippen molar-refractivity contribution in [3.63, 3.8) is 0 Å². The highest BCUT2D eigenvalue weighted by atomic mass is 79.9. The zero-order valence-electron chi connectivity index (χ0n) is 22.9. The Morgan fingerprint density at radius 1 is 0.641 bits per heavy atom. The average Bonchev–Trinajstić information content (AvgIpc) is 2.96. The molecule has 0 saturated heterocycles. The number of rotatable bonds is 11. The third-order valence-corrected chi connectivity index (χ3v) is 6.49. The molecule has 0 unspecified atom stereocenters. The van der Waals surface area contributed by atoms with Crippen LogP contribution in [0.1, 0.15) is 21.6 Å². The second-order valence-electron chi connectivity index (χ2n) is 8.54. The lowest BCUT2D eigenvalue weighted by atomic mass is 10.0. The van der Waals surface area contributed by atoms with Crippen molar-refractivity contribution >= 4 is 16.6 Å². The molecule has 1 heterocycles. The van der Waals surface area contributed by atoms with Gasteiger partial charge in [0, 0.05) is 11.6 Å². The molecule has 0 atom stereocenters. The number of Topliss-reactive ketones (excluding diaryl/α,β-unsaturated/α-hetero) is 1. The maximum atomic E-state index is 13.4. The number of nitrogens with zero attached hydrogens (tertiary/aromatic N) is 1. The predicted molar refractivity (Wildman–Crippen MR) is 143 cm³/mol. The molecule has 0 aliphatic heterocycles. The van der Waals surface area contributed by atoms with Crippen molar-refractivity contribution in [3.8, 4) is 34.5 Å². The fourth-order valence-electron chi connectivity index (χ4n) is 4.48. The van der Waals surface area contributed by atoms with E-state index in [1.54, 1.807) is 60.9 Å². The SMILES string of the molecule is COc1ccc(Cc2c3cc(OC)c(OC)cc3cc[n+]2CC(=O)c2ccc(OC)c(OC)c2)cc1OC.[Br-]. The van der Waals surface area contributed by atoms with Gasteiger partial charge in [-0.15, -0.1) is 0 Å². The monoisotopic (exact) mass is 597 g/mol. The number of aromatic nitrogens is 1. The van der Waals surface area contributed by atoms with Crippen LogP contribution < -0.4 is 50.0 Å². The Hall–Kier alpha value is -3.98. The molecule has 4 aromatic rings. The molecule has 1 aromatic heterocycles. The summed E-state index contributed by atoms with van der Waals surface area (Å²) in [6.45, 7) is 0.127. The largest absolute Gasteiger partial charge is 1.00 e. The third-order valence-electron chi connectivity index (χ3n) is 6.49. The van der Waals surface area contributed by atoms with Crippen LogP contribution in [-0.2, 0) is 13.0 Å². The molecule has 0 fully saturated rings. The Labute approximate surface area is 238 Å². The van der Waals surface area contributed by atoms with Crippen molar-refractivity contribution in [2.45, 2.75) is 13.0 Å². The number of carbonyl (C=O) groups excluding carboxylic acids is 1. The molecule has 0 radical (unpaired) electrons. The summed E-state index contributed by atoms with van der Waals surface area (Å²) in [5.41, 5.74) is 2.46. The summed E-state index contributed by atoms with van der Waals surface area (Å²) < 4.78 is 34.7. The first kappa shape index (κ1) is 29.6. The maximum Gasteiger partial charge on any atom is 0.227 e. The van der Waals surface area contributed by atoms with E-state index in [4.69, 9.17) is 28.4 Å². The van der Waals surface area contributed by atoms with E-state index in [0.717, 1.165) is 22.0 Å². The highest BCUT2D eigenvalue weighted by Gasteiger charge is 2.23. The van der Waals surface area contributed by atoms with E-state index >= 15 is 0 Å². The summed E-state index contributed by atoms with van der Waals surface area (Å²) in [5, 5.41) is 1.91. The molecule has 0 spiro atoms. The van der Waals surface area contributed by atoms with Crippen LogP contribution in [0.5, 0.6) is 34.5 Å². The molecular weight excluding hydrogens is 566 g/mol. The molecule has 4 rings (SSSR count). The van der Waals surface area contributed by atoms with Crippen LogP contribution in [0.25, 0.3) is 10.8 Å². The lowest BCUT2D eigenvalue weighted by Crippen LogP contribution is -3.00. The first-order valence-corrected chi connectivity index (χ1v) is 12.0. The number of methoxy groups -OCH3 is 6. The zero-order valence-corrected chi connectivity index (χ0v) is 24.5. The van der Waals surface area contributed by atoms with Crippen molar-refractivity contribution in [1.29, 1.82) is 0 Å². The fourth-order valence-corrected chi connectivity index (χ4v) is 4.48. The lowest BCUT2D eigenvalue weighted by molar-refractivity contribution is -0.688. The van der Waals surface area contributed by atoms with Gasteiger partial charge in [0.15, 0.2) is 46.4 Å². The van der Waals surface area contributed by atoms with Gasteiger partial charge in [0.25, 0.3) is 0 Å². The van der Waals surface area contributed by atoms with Gasteiger partial charge in [-0.05, 0) is 53.4 Å². The normalized spacial score (nSPS) is 10.4. The predicted octanol–water partition coefficient (Wildman–Crippen LogP) is 1.66. The fraction of sp³-hybridized carbons (Fsp3) is 0.267. The molecule has 8 nitrogen and oxygen atoms in total. The Kier molecular flexibility index (Phi) is 10.0. The number of pyridine rings is 1. The quantitative estimate of drug-likeness (QED) is 0.192. The summed E-state index contributed by atoms with van der Waals surface area (Å²) in [6.07, 6.45) is 2.45. The molecule has 0 N–H and O–H groups in total. The standard InChI is InChI=1S/C30H32NO7.BrH/c1-33-25-9-7-19(14-27(25)35-3)13-23-22-17-30(38-6)29(37-5)15-20(22)11-12-31(23)18-24(32)21-8-10-26(34-2)28(16-21)36-4;/h7-12,14-17H,13,18H2,1-6H3;1H/q+1;/p-1.